The van der Waals surface area contributed by atoms with Crippen LogP contribution in [0.15, 0.2) is 47.4 Å². The second kappa shape index (κ2) is 6.00. The van der Waals surface area contributed by atoms with Gasteiger partial charge in [0.1, 0.15) is 11.5 Å². The standard InChI is InChI=1S/C17H19NO2S/c1-19-12-4-3-5-14(9-12)21-16-8-11-6-7-13(20-2)10-15(11)17(16)18/h3-7,9-10,16-17H,8,18H2,1-2H3. The Kier molecular flexibility index (Phi) is 4.08. The maximum Gasteiger partial charge on any atom is 0.119 e. The third-order valence-electron chi connectivity index (χ3n) is 3.86. The molecule has 4 heteroatoms. The molecule has 2 unspecified atom stereocenters. The van der Waals surface area contributed by atoms with Crippen LogP contribution in [0.4, 0.5) is 0 Å². The summed E-state index contributed by atoms with van der Waals surface area (Å²) in [6, 6.07) is 14.4. The highest BCUT2D eigenvalue weighted by Crippen LogP contribution is 2.41. The van der Waals surface area contributed by atoms with Crippen molar-refractivity contribution in [1.82, 2.24) is 0 Å². The number of rotatable bonds is 4. The predicted molar refractivity (Wildman–Crippen MR) is 86.3 cm³/mol. The minimum absolute atomic E-state index is 0.0336. The Bertz CT molecular complexity index is 644. The topological polar surface area (TPSA) is 44.5 Å². The zero-order valence-electron chi connectivity index (χ0n) is 12.2. The molecule has 2 atom stereocenters. The molecule has 2 N–H and O–H groups in total. The molecule has 0 radical (unpaired) electrons. The fraction of sp³-hybridized carbons (Fsp3) is 0.294. The molecule has 2 aromatic rings. The van der Waals surface area contributed by atoms with Gasteiger partial charge < -0.3 is 15.2 Å². The van der Waals surface area contributed by atoms with Crippen LogP contribution in [0, 0.1) is 0 Å². The maximum absolute atomic E-state index is 6.42. The first kappa shape index (κ1) is 14.3. The Labute approximate surface area is 129 Å². The van der Waals surface area contributed by atoms with Gasteiger partial charge in [-0.1, -0.05) is 12.1 Å². The van der Waals surface area contributed by atoms with E-state index in [1.807, 2.05) is 30.0 Å². The molecule has 110 valence electrons. The van der Waals surface area contributed by atoms with E-state index in [4.69, 9.17) is 15.2 Å². The SMILES string of the molecule is COc1cccc(SC2Cc3ccc(OC)cc3C2N)c1. The van der Waals surface area contributed by atoms with E-state index in [9.17, 15) is 0 Å². The molecule has 0 saturated heterocycles. The third-order valence-corrected chi connectivity index (χ3v) is 5.15. The normalized spacial score (nSPS) is 20.1. The highest BCUT2D eigenvalue weighted by atomic mass is 32.2. The number of fused-ring (bicyclic) bond motifs is 1. The van der Waals surface area contributed by atoms with Gasteiger partial charge in [0.25, 0.3) is 0 Å². The summed E-state index contributed by atoms with van der Waals surface area (Å²) in [5.74, 6) is 1.75. The lowest BCUT2D eigenvalue weighted by molar-refractivity contribution is 0.413. The number of thioether (sulfide) groups is 1. The van der Waals surface area contributed by atoms with E-state index in [2.05, 4.69) is 24.3 Å². The third kappa shape index (κ3) is 2.87. The van der Waals surface area contributed by atoms with Crippen LogP contribution in [0.25, 0.3) is 0 Å². The van der Waals surface area contributed by atoms with Crippen molar-refractivity contribution in [3.05, 3.63) is 53.6 Å². The molecule has 3 nitrogen and oxygen atoms in total. The van der Waals surface area contributed by atoms with Crippen LogP contribution >= 0.6 is 11.8 Å². The van der Waals surface area contributed by atoms with Crippen LogP contribution in [0.2, 0.25) is 0 Å². The number of methoxy groups -OCH3 is 2. The molecule has 0 heterocycles. The van der Waals surface area contributed by atoms with Gasteiger partial charge in [0, 0.05) is 16.2 Å². The molecule has 0 amide bonds. The van der Waals surface area contributed by atoms with Crippen molar-refractivity contribution in [2.24, 2.45) is 5.73 Å². The van der Waals surface area contributed by atoms with Gasteiger partial charge >= 0.3 is 0 Å². The fourth-order valence-electron chi connectivity index (χ4n) is 2.70. The molecule has 0 saturated carbocycles. The van der Waals surface area contributed by atoms with Gasteiger partial charge in [-0.25, -0.2) is 0 Å². The lowest BCUT2D eigenvalue weighted by Crippen LogP contribution is -2.18. The molecule has 21 heavy (non-hydrogen) atoms. The first-order chi connectivity index (χ1) is 10.2. The summed E-state index contributed by atoms with van der Waals surface area (Å²) >= 11 is 1.81. The number of hydrogen-bond acceptors (Lipinski definition) is 4. The molecule has 0 aromatic heterocycles. The van der Waals surface area contributed by atoms with Gasteiger partial charge in [-0.05, 0) is 47.9 Å². The Morgan fingerprint density at radius 1 is 1.05 bits per heavy atom. The summed E-state index contributed by atoms with van der Waals surface area (Å²) < 4.78 is 10.6. The van der Waals surface area contributed by atoms with Crippen molar-refractivity contribution in [3.63, 3.8) is 0 Å². The summed E-state index contributed by atoms with van der Waals surface area (Å²) in [5.41, 5.74) is 8.95. The van der Waals surface area contributed by atoms with Crippen LogP contribution in [-0.4, -0.2) is 19.5 Å². The maximum atomic E-state index is 6.42. The first-order valence-corrected chi connectivity index (χ1v) is 7.82. The van der Waals surface area contributed by atoms with Crippen LogP contribution in [0.1, 0.15) is 17.2 Å². The van der Waals surface area contributed by atoms with Crippen LogP contribution in [-0.2, 0) is 6.42 Å². The van der Waals surface area contributed by atoms with E-state index >= 15 is 0 Å². The smallest absolute Gasteiger partial charge is 0.119 e. The molecular weight excluding hydrogens is 282 g/mol. The van der Waals surface area contributed by atoms with E-state index in [0.717, 1.165) is 17.9 Å². The second-order valence-corrected chi connectivity index (χ2v) is 6.44. The van der Waals surface area contributed by atoms with Crippen molar-refractivity contribution in [2.75, 3.05) is 14.2 Å². The average molecular weight is 301 g/mol. The van der Waals surface area contributed by atoms with Crippen LogP contribution in [0.3, 0.4) is 0 Å². The summed E-state index contributed by atoms with van der Waals surface area (Å²) in [5, 5.41) is 0.346. The summed E-state index contributed by atoms with van der Waals surface area (Å²) in [7, 11) is 3.37. The van der Waals surface area contributed by atoms with Crippen molar-refractivity contribution in [3.8, 4) is 11.5 Å². The molecule has 2 aromatic carbocycles. The first-order valence-electron chi connectivity index (χ1n) is 6.94. The number of benzene rings is 2. The van der Waals surface area contributed by atoms with Crippen LogP contribution in [0.5, 0.6) is 11.5 Å². The Morgan fingerprint density at radius 3 is 2.57 bits per heavy atom. The monoisotopic (exact) mass is 301 g/mol. The Hall–Kier alpha value is -1.65. The van der Waals surface area contributed by atoms with Crippen molar-refractivity contribution in [1.29, 1.82) is 0 Å². The Morgan fingerprint density at radius 2 is 1.81 bits per heavy atom. The molecule has 0 bridgehead atoms. The van der Waals surface area contributed by atoms with Gasteiger partial charge in [0.2, 0.25) is 0 Å². The molecule has 1 aliphatic carbocycles. The van der Waals surface area contributed by atoms with E-state index < -0.39 is 0 Å². The largest absolute Gasteiger partial charge is 0.497 e. The van der Waals surface area contributed by atoms with Crippen molar-refractivity contribution in [2.45, 2.75) is 22.6 Å². The minimum atomic E-state index is 0.0336. The van der Waals surface area contributed by atoms with E-state index in [0.29, 0.717) is 5.25 Å². The highest BCUT2D eigenvalue weighted by Gasteiger charge is 2.30. The van der Waals surface area contributed by atoms with Gasteiger partial charge in [-0.15, -0.1) is 11.8 Å². The van der Waals surface area contributed by atoms with Gasteiger partial charge in [-0.2, -0.15) is 0 Å². The fourth-order valence-corrected chi connectivity index (χ4v) is 3.95. The quantitative estimate of drug-likeness (QED) is 0.940. The van der Waals surface area contributed by atoms with Crippen LogP contribution < -0.4 is 15.2 Å². The molecular formula is C17H19NO2S. The molecule has 0 spiro atoms. The summed E-state index contributed by atoms with van der Waals surface area (Å²) in [4.78, 5) is 1.19. The number of ether oxygens (including phenoxy) is 2. The summed E-state index contributed by atoms with van der Waals surface area (Å²) in [6.45, 7) is 0. The van der Waals surface area contributed by atoms with Crippen molar-refractivity contribution < 1.29 is 9.47 Å². The predicted octanol–water partition coefficient (Wildman–Crippen LogP) is 3.42. The molecule has 3 rings (SSSR count). The zero-order valence-corrected chi connectivity index (χ0v) is 13.0. The minimum Gasteiger partial charge on any atom is -0.497 e. The molecule has 1 aliphatic rings. The van der Waals surface area contributed by atoms with Gasteiger partial charge in [-0.3, -0.25) is 0 Å². The van der Waals surface area contributed by atoms with E-state index in [-0.39, 0.29) is 6.04 Å². The summed E-state index contributed by atoms with van der Waals surface area (Å²) in [6.07, 6.45) is 0.988. The number of nitrogens with two attached hydrogens (primary N) is 1. The average Bonchev–Trinajstić information content (AvgIpc) is 2.83. The van der Waals surface area contributed by atoms with Gasteiger partial charge in [0.05, 0.1) is 14.2 Å². The van der Waals surface area contributed by atoms with Gasteiger partial charge in [0.15, 0.2) is 0 Å². The van der Waals surface area contributed by atoms with Crippen molar-refractivity contribution >= 4 is 11.8 Å². The lowest BCUT2D eigenvalue weighted by Gasteiger charge is -2.16. The zero-order chi connectivity index (χ0) is 14.8. The molecule has 0 fully saturated rings. The van der Waals surface area contributed by atoms with E-state index in [1.54, 1.807) is 14.2 Å². The highest BCUT2D eigenvalue weighted by molar-refractivity contribution is 8.00. The van der Waals surface area contributed by atoms with E-state index in [1.165, 1.54) is 16.0 Å². The number of hydrogen-bond donors (Lipinski definition) is 1. The Balaban J connectivity index is 1.79. The molecule has 0 aliphatic heterocycles. The lowest BCUT2D eigenvalue weighted by atomic mass is 10.1. The second-order valence-electron chi connectivity index (χ2n) is 5.13.